The second-order valence-electron chi connectivity index (χ2n) is 4.17. The largest absolute Gasteiger partial charge is 0.497 e. The minimum Gasteiger partial charge on any atom is -0.497 e. The first-order valence-corrected chi connectivity index (χ1v) is 6.93. The van der Waals surface area contributed by atoms with Gasteiger partial charge in [0, 0.05) is 12.3 Å². The molecule has 3 rings (SSSR count). The third-order valence-corrected chi connectivity index (χ3v) is 3.82. The lowest BCUT2D eigenvalue weighted by atomic mass is 10.2. The predicted octanol–water partition coefficient (Wildman–Crippen LogP) is 3.42. The van der Waals surface area contributed by atoms with Crippen molar-refractivity contribution < 1.29 is 9.53 Å². The molecule has 0 atom stereocenters. The third kappa shape index (κ3) is 2.23. The van der Waals surface area contributed by atoms with Gasteiger partial charge in [-0.25, -0.2) is 4.68 Å². The van der Waals surface area contributed by atoms with Crippen LogP contribution in [0, 0.1) is 0 Å². The number of nitrogens with zero attached hydrogens (tertiary/aromatic N) is 2. The van der Waals surface area contributed by atoms with Crippen molar-refractivity contribution >= 4 is 17.6 Å². The Hall–Kier alpha value is -2.40. The van der Waals surface area contributed by atoms with Gasteiger partial charge in [0.15, 0.2) is 6.29 Å². The van der Waals surface area contributed by atoms with E-state index in [9.17, 15) is 4.79 Å². The van der Waals surface area contributed by atoms with Crippen LogP contribution in [0.2, 0.25) is 0 Å². The maximum atomic E-state index is 11.2. The van der Waals surface area contributed by atoms with E-state index in [4.69, 9.17) is 4.74 Å². The summed E-state index contributed by atoms with van der Waals surface area (Å²) in [4.78, 5) is 12.2. The van der Waals surface area contributed by atoms with E-state index in [0.717, 1.165) is 22.6 Å². The van der Waals surface area contributed by atoms with Gasteiger partial charge in [0.25, 0.3) is 0 Å². The van der Waals surface area contributed by atoms with Gasteiger partial charge in [-0.1, -0.05) is 12.1 Å². The molecule has 0 bridgehead atoms. The summed E-state index contributed by atoms with van der Waals surface area (Å²) < 4.78 is 6.90. The fourth-order valence-corrected chi connectivity index (χ4v) is 2.69. The third-order valence-electron chi connectivity index (χ3n) is 2.94. The quantitative estimate of drug-likeness (QED) is 0.689. The van der Waals surface area contributed by atoms with Crippen LogP contribution in [0.5, 0.6) is 5.75 Å². The molecule has 2 heterocycles. The highest BCUT2D eigenvalue weighted by atomic mass is 32.1. The number of hydrogen-bond acceptors (Lipinski definition) is 4. The van der Waals surface area contributed by atoms with Crippen molar-refractivity contribution in [3.05, 3.63) is 53.5 Å². The average Bonchev–Trinajstić information content (AvgIpc) is 3.15. The highest BCUT2D eigenvalue weighted by Crippen LogP contribution is 2.27. The lowest BCUT2D eigenvalue weighted by molar-refractivity contribution is 0.112. The first kappa shape index (κ1) is 12.6. The molecule has 0 unspecified atom stereocenters. The smallest absolute Gasteiger partial charge is 0.153 e. The Kier molecular flexibility index (Phi) is 3.35. The van der Waals surface area contributed by atoms with Crippen LogP contribution in [0.15, 0.2) is 48.0 Å². The monoisotopic (exact) mass is 284 g/mol. The molecule has 100 valence electrons. The van der Waals surface area contributed by atoms with E-state index in [2.05, 4.69) is 5.10 Å². The van der Waals surface area contributed by atoms with Crippen LogP contribution >= 0.6 is 11.3 Å². The summed E-state index contributed by atoms with van der Waals surface area (Å²) in [5.74, 6) is 0.753. The fraction of sp³-hybridized carbons (Fsp3) is 0.0667. The molecule has 0 aliphatic carbocycles. The van der Waals surface area contributed by atoms with Gasteiger partial charge in [-0.15, -0.1) is 11.3 Å². The molecule has 0 aliphatic heterocycles. The summed E-state index contributed by atoms with van der Waals surface area (Å²) in [7, 11) is 1.62. The number of hydrogen-bond donors (Lipinski definition) is 0. The maximum Gasteiger partial charge on any atom is 0.153 e. The summed E-state index contributed by atoms with van der Waals surface area (Å²) in [5.41, 5.74) is 2.14. The van der Waals surface area contributed by atoms with Gasteiger partial charge in [0.05, 0.1) is 23.2 Å². The molecule has 0 saturated heterocycles. The molecular formula is C15H12N2O2S. The van der Waals surface area contributed by atoms with E-state index in [1.807, 2.05) is 41.8 Å². The van der Waals surface area contributed by atoms with Gasteiger partial charge in [0.1, 0.15) is 11.4 Å². The molecule has 0 amide bonds. The summed E-state index contributed by atoms with van der Waals surface area (Å²) in [6.45, 7) is 0. The SMILES string of the molecule is COc1cccc(-n2cc(C=O)c(-c3cccs3)n2)c1. The Morgan fingerprint density at radius 3 is 2.90 bits per heavy atom. The molecule has 1 aromatic carbocycles. The van der Waals surface area contributed by atoms with Crippen LogP contribution in [0.25, 0.3) is 16.3 Å². The number of rotatable bonds is 4. The minimum absolute atomic E-state index is 0.579. The minimum atomic E-state index is 0.579. The van der Waals surface area contributed by atoms with E-state index < -0.39 is 0 Å². The molecule has 5 heteroatoms. The van der Waals surface area contributed by atoms with Gasteiger partial charge < -0.3 is 4.74 Å². The van der Waals surface area contributed by atoms with Crippen LogP contribution in [-0.2, 0) is 0 Å². The van der Waals surface area contributed by atoms with Gasteiger partial charge in [-0.05, 0) is 23.6 Å². The lowest BCUT2D eigenvalue weighted by Crippen LogP contribution is -1.95. The molecule has 0 aliphatic rings. The number of carbonyl (C=O) groups is 1. The molecule has 2 aromatic heterocycles. The average molecular weight is 284 g/mol. The number of ether oxygens (including phenoxy) is 1. The Bertz CT molecular complexity index is 732. The van der Waals surface area contributed by atoms with Crippen molar-refractivity contribution in [2.24, 2.45) is 0 Å². The molecule has 0 fully saturated rings. The molecule has 3 aromatic rings. The summed E-state index contributed by atoms with van der Waals surface area (Å²) >= 11 is 1.56. The Labute approximate surface area is 120 Å². The topological polar surface area (TPSA) is 44.1 Å². The molecule has 0 spiro atoms. The van der Waals surface area contributed by atoms with Crippen LogP contribution in [0.1, 0.15) is 10.4 Å². The number of carbonyl (C=O) groups excluding carboxylic acids is 1. The summed E-state index contributed by atoms with van der Waals surface area (Å²) in [6.07, 6.45) is 2.57. The zero-order chi connectivity index (χ0) is 13.9. The van der Waals surface area contributed by atoms with Crippen LogP contribution in [-0.4, -0.2) is 23.2 Å². The highest BCUT2D eigenvalue weighted by molar-refractivity contribution is 7.13. The second-order valence-corrected chi connectivity index (χ2v) is 5.12. The van der Waals surface area contributed by atoms with Crippen LogP contribution in [0.4, 0.5) is 0 Å². The van der Waals surface area contributed by atoms with Crippen molar-refractivity contribution in [1.29, 1.82) is 0 Å². The molecular weight excluding hydrogens is 272 g/mol. The number of benzene rings is 1. The number of aromatic nitrogens is 2. The van der Waals surface area contributed by atoms with Gasteiger partial charge in [-0.2, -0.15) is 5.10 Å². The van der Waals surface area contributed by atoms with Gasteiger partial charge in [-0.3, -0.25) is 4.79 Å². The normalized spacial score (nSPS) is 10.4. The van der Waals surface area contributed by atoms with Gasteiger partial charge >= 0.3 is 0 Å². The van der Waals surface area contributed by atoms with Gasteiger partial charge in [0.2, 0.25) is 0 Å². The molecule has 0 saturated carbocycles. The summed E-state index contributed by atoms with van der Waals surface area (Å²) in [6, 6.07) is 11.5. The van der Waals surface area contributed by atoms with E-state index in [-0.39, 0.29) is 0 Å². The first-order valence-electron chi connectivity index (χ1n) is 6.05. The number of aldehydes is 1. The molecule has 20 heavy (non-hydrogen) atoms. The number of thiophene rings is 1. The zero-order valence-electron chi connectivity index (χ0n) is 10.8. The van der Waals surface area contributed by atoms with Crippen LogP contribution in [0.3, 0.4) is 0 Å². The van der Waals surface area contributed by atoms with Crippen molar-refractivity contribution in [1.82, 2.24) is 9.78 Å². The Morgan fingerprint density at radius 1 is 1.30 bits per heavy atom. The van der Waals surface area contributed by atoms with E-state index in [1.165, 1.54) is 0 Å². The molecule has 4 nitrogen and oxygen atoms in total. The standard InChI is InChI=1S/C15H12N2O2S/c1-19-13-5-2-4-12(8-13)17-9-11(10-18)15(16-17)14-6-3-7-20-14/h2-10H,1H3. The zero-order valence-corrected chi connectivity index (χ0v) is 11.6. The number of methoxy groups -OCH3 is 1. The fourth-order valence-electron chi connectivity index (χ4n) is 1.96. The van der Waals surface area contributed by atoms with E-state index >= 15 is 0 Å². The van der Waals surface area contributed by atoms with E-state index in [0.29, 0.717) is 11.3 Å². The molecule has 0 radical (unpaired) electrons. The summed E-state index contributed by atoms with van der Waals surface area (Å²) in [5, 5.41) is 6.48. The van der Waals surface area contributed by atoms with Crippen molar-refractivity contribution in [2.45, 2.75) is 0 Å². The highest BCUT2D eigenvalue weighted by Gasteiger charge is 2.12. The van der Waals surface area contributed by atoms with Crippen molar-refractivity contribution in [3.63, 3.8) is 0 Å². The van der Waals surface area contributed by atoms with Crippen LogP contribution < -0.4 is 4.74 Å². The first-order chi connectivity index (χ1) is 9.81. The predicted molar refractivity (Wildman–Crippen MR) is 78.8 cm³/mol. The van der Waals surface area contributed by atoms with Crippen molar-refractivity contribution in [2.75, 3.05) is 7.11 Å². The molecule has 0 N–H and O–H groups in total. The second kappa shape index (κ2) is 5.30. The van der Waals surface area contributed by atoms with E-state index in [1.54, 1.807) is 29.3 Å². The Morgan fingerprint density at radius 2 is 2.20 bits per heavy atom. The Balaban J connectivity index is 2.09. The van der Waals surface area contributed by atoms with Crippen molar-refractivity contribution in [3.8, 4) is 22.0 Å². The maximum absolute atomic E-state index is 11.2. The lowest BCUT2D eigenvalue weighted by Gasteiger charge is -2.03.